The van der Waals surface area contributed by atoms with Crippen LogP contribution >= 0.6 is 31.9 Å². The summed E-state index contributed by atoms with van der Waals surface area (Å²) in [6.07, 6.45) is 0. The van der Waals surface area contributed by atoms with Crippen LogP contribution in [-0.2, 0) is 3.49 Å². The van der Waals surface area contributed by atoms with E-state index in [1.165, 1.54) is 0 Å². The average molecular weight is 298 g/mol. The molecule has 0 spiro atoms. The Balaban J connectivity index is 3.02. The van der Waals surface area contributed by atoms with E-state index < -0.39 is 3.49 Å². The van der Waals surface area contributed by atoms with Gasteiger partial charge in [0.25, 0.3) is 0 Å². The van der Waals surface area contributed by atoms with Gasteiger partial charge >= 0.3 is 0 Å². The van der Waals surface area contributed by atoms with Crippen molar-refractivity contribution in [3.63, 3.8) is 0 Å². The maximum atomic E-state index is 13.2. The molecule has 0 fully saturated rings. The van der Waals surface area contributed by atoms with Gasteiger partial charge in [0.1, 0.15) is 5.75 Å². The maximum absolute atomic E-state index is 13.2. The zero-order chi connectivity index (χ0) is 9.19. The molecule has 0 aliphatic heterocycles. The highest BCUT2D eigenvalue weighted by Gasteiger charge is 2.23. The molecule has 0 saturated carbocycles. The summed E-state index contributed by atoms with van der Waals surface area (Å²) in [6.45, 7) is 0. The van der Waals surface area contributed by atoms with Crippen molar-refractivity contribution in [3.8, 4) is 5.75 Å². The summed E-state index contributed by atoms with van der Waals surface area (Å²) in [5.41, 5.74) is 0.474. The predicted octanol–water partition coefficient (Wildman–Crippen LogP) is 3.56. The first kappa shape index (κ1) is 9.99. The molecule has 66 valence electrons. The zero-order valence-corrected chi connectivity index (χ0v) is 9.52. The molecule has 0 aliphatic carbocycles. The van der Waals surface area contributed by atoms with Gasteiger partial charge in [-0.2, -0.15) is 0 Å². The third-order valence-electron chi connectivity index (χ3n) is 1.40. The second-order valence-corrected chi connectivity index (χ2v) is 5.48. The highest BCUT2D eigenvalue weighted by molar-refractivity contribution is 9.24. The number of methoxy groups -OCH3 is 1. The molecule has 0 aliphatic rings. The Morgan fingerprint density at radius 2 is 2.08 bits per heavy atom. The summed E-state index contributed by atoms with van der Waals surface area (Å²) < 4.78 is 16.5. The van der Waals surface area contributed by atoms with Crippen molar-refractivity contribution in [1.82, 2.24) is 0 Å². The van der Waals surface area contributed by atoms with Gasteiger partial charge < -0.3 is 4.74 Å². The molecular weight excluding hydrogens is 291 g/mol. The van der Waals surface area contributed by atoms with Crippen molar-refractivity contribution in [2.24, 2.45) is 0 Å². The highest BCUT2D eigenvalue weighted by atomic mass is 79.9. The van der Waals surface area contributed by atoms with Gasteiger partial charge in [0, 0.05) is 5.56 Å². The Morgan fingerprint density at radius 1 is 1.42 bits per heavy atom. The first-order valence-electron chi connectivity index (χ1n) is 3.25. The Kier molecular flexibility index (Phi) is 3.12. The number of hydrogen-bond acceptors (Lipinski definition) is 1. The minimum Gasteiger partial charge on any atom is -0.497 e. The van der Waals surface area contributed by atoms with E-state index >= 15 is 0 Å². The molecule has 0 unspecified atom stereocenters. The van der Waals surface area contributed by atoms with Crippen molar-refractivity contribution in [1.29, 1.82) is 0 Å². The van der Waals surface area contributed by atoms with E-state index in [9.17, 15) is 4.39 Å². The van der Waals surface area contributed by atoms with Crippen LogP contribution in [0.1, 0.15) is 5.56 Å². The summed E-state index contributed by atoms with van der Waals surface area (Å²) in [5.74, 6) is 0.633. The van der Waals surface area contributed by atoms with Gasteiger partial charge in [0.05, 0.1) is 7.11 Å². The normalized spacial score (nSPS) is 11.3. The molecule has 0 radical (unpaired) electrons. The zero-order valence-electron chi connectivity index (χ0n) is 6.35. The molecule has 4 heteroatoms. The molecule has 1 nitrogen and oxygen atoms in total. The minimum atomic E-state index is -1.67. The van der Waals surface area contributed by atoms with Crippen molar-refractivity contribution >= 4 is 31.9 Å². The average Bonchev–Trinajstić information content (AvgIpc) is 2.03. The van der Waals surface area contributed by atoms with Gasteiger partial charge in [-0.3, -0.25) is 0 Å². The quantitative estimate of drug-likeness (QED) is 0.759. The minimum absolute atomic E-state index is 0.474. The maximum Gasteiger partial charge on any atom is 0.244 e. The SMILES string of the molecule is COc1cccc(C(F)(Br)Br)c1. The molecule has 12 heavy (non-hydrogen) atoms. The fourth-order valence-electron chi connectivity index (χ4n) is 0.799. The molecule has 1 aromatic carbocycles. The van der Waals surface area contributed by atoms with Gasteiger partial charge in [-0.1, -0.05) is 12.1 Å². The summed E-state index contributed by atoms with van der Waals surface area (Å²) in [6, 6.07) is 6.76. The summed E-state index contributed by atoms with van der Waals surface area (Å²) in [5, 5.41) is 0. The van der Waals surface area contributed by atoms with E-state index in [0.29, 0.717) is 11.3 Å². The first-order chi connectivity index (χ1) is 5.54. The molecule has 0 heterocycles. The van der Waals surface area contributed by atoms with Crippen molar-refractivity contribution in [2.75, 3.05) is 7.11 Å². The fourth-order valence-corrected chi connectivity index (χ4v) is 1.29. The summed E-state index contributed by atoms with van der Waals surface area (Å²) in [4.78, 5) is 0. The second-order valence-electron chi connectivity index (χ2n) is 2.23. The predicted molar refractivity (Wildman–Crippen MR) is 53.6 cm³/mol. The van der Waals surface area contributed by atoms with Crippen LogP contribution in [0.5, 0.6) is 5.75 Å². The highest BCUT2D eigenvalue weighted by Crippen LogP contribution is 2.40. The summed E-state index contributed by atoms with van der Waals surface area (Å²) >= 11 is 5.69. The van der Waals surface area contributed by atoms with Gasteiger partial charge in [-0.25, -0.2) is 4.39 Å². The van der Waals surface area contributed by atoms with Crippen molar-refractivity contribution in [3.05, 3.63) is 29.8 Å². The lowest BCUT2D eigenvalue weighted by atomic mass is 10.2. The van der Waals surface area contributed by atoms with Crippen LogP contribution in [0.25, 0.3) is 0 Å². The van der Waals surface area contributed by atoms with E-state index in [0.717, 1.165) is 0 Å². The van der Waals surface area contributed by atoms with Gasteiger partial charge in [-0.05, 0) is 44.0 Å². The van der Waals surface area contributed by atoms with Crippen LogP contribution in [0.4, 0.5) is 4.39 Å². The Bertz CT molecular complexity index is 270. The molecule has 0 atom stereocenters. The van der Waals surface area contributed by atoms with Crippen molar-refractivity contribution in [2.45, 2.75) is 3.49 Å². The Hall–Kier alpha value is -0.0900. The van der Waals surface area contributed by atoms with Crippen LogP contribution < -0.4 is 4.74 Å². The van der Waals surface area contributed by atoms with E-state index in [1.54, 1.807) is 31.4 Å². The summed E-state index contributed by atoms with van der Waals surface area (Å²) in [7, 11) is 1.54. The molecule has 0 N–H and O–H groups in total. The number of alkyl halides is 3. The van der Waals surface area contributed by atoms with E-state index in [4.69, 9.17) is 4.74 Å². The number of halogens is 3. The van der Waals surface area contributed by atoms with Crippen molar-refractivity contribution < 1.29 is 9.13 Å². The Labute approximate surface area is 87.2 Å². The van der Waals surface area contributed by atoms with Gasteiger partial charge in [0.15, 0.2) is 0 Å². The largest absolute Gasteiger partial charge is 0.497 e. The first-order valence-corrected chi connectivity index (χ1v) is 4.84. The van der Waals surface area contributed by atoms with Gasteiger partial charge in [0.2, 0.25) is 3.49 Å². The lowest BCUT2D eigenvalue weighted by molar-refractivity contribution is 0.408. The number of benzene rings is 1. The van der Waals surface area contributed by atoms with Crippen LogP contribution in [0.2, 0.25) is 0 Å². The molecule has 0 amide bonds. The molecule has 0 aromatic heterocycles. The number of hydrogen-bond donors (Lipinski definition) is 0. The van der Waals surface area contributed by atoms with E-state index in [2.05, 4.69) is 31.9 Å². The molecule has 0 saturated heterocycles. The van der Waals surface area contributed by atoms with Crippen LogP contribution in [0.15, 0.2) is 24.3 Å². The molecular formula is C8H7Br2FO. The fraction of sp³-hybridized carbons (Fsp3) is 0.250. The topological polar surface area (TPSA) is 9.23 Å². The van der Waals surface area contributed by atoms with Crippen LogP contribution in [0.3, 0.4) is 0 Å². The van der Waals surface area contributed by atoms with Crippen LogP contribution in [0, 0.1) is 0 Å². The standard InChI is InChI=1S/C8H7Br2FO/c1-12-7-4-2-3-6(5-7)8(9,10)11/h2-5H,1H3. The number of rotatable bonds is 2. The third kappa shape index (κ3) is 2.45. The number of ether oxygens (including phenoxy) is 1. The Morgan fingerprint density at radius 3 is 2.58 bits per heavy atom. The smallest absolute Gasteiger partial charge is 0.244 e. The van der Waals surface area contributed by atoms with E-state index in [1.807, 2.05) is 0 Å². The molecule has 1 rings (SSSR count). The second kappa shape index (κ2) is 3.75. The third-order valence-corrected chi connectivity index (χ3v) is 2.31. The van der Waals surface area contributed by atoms with Gasteiger partial charge in [-0.15, -0.1) is 0 Å². The lowest BCUT2D eigenvalue weighted by Gasteiger charge is -2.10. The monoisotopic (exact) mass is 296 g/mol. The molecule has 1 aromatic rings. The van der Waals surface area contributed by atoms with Crippen LogP contribution in [-0.4, -0.2) is 7.11 Å². The van der Waals surface area contributed by atoms with E-state index in [-0.39, 0.29) is 0 Å². The molecule has 0 bridgehead atoms. The lowest BCUT2D eigenvalue weighted by Crippen LogP contribution is -1.99.